The average Bonchev–Trinajstić information content (AvgIpc) is 3.14. The fourth-order valence-corrected chi connectivity index (χ4v) is 6.01. The Morgan fingerprint density at radius 2 is 1.55 bits per heavy atom. The van der Waals surface area contributed by atoms with E-state index in [2.05, 4.69) is 10.6 Å². The smallest absolute Gasteiger partial charge is 0.321 e. The van der Waals surface area contributed by atoms with Crippen molar-refractivity contribution in [1.29, 1.82) is 0 Å². The maximum atomic E-state index is 12.9. The van der Waals surface area contributed by atoms with E-state index in [9.17, 15) is 18.0 Å². The van der Waals surface area contributed by atoms with Gasteiger partial charge in [0.15, 0.2) is 0 Å². The Balaban J connectivity index is 1.42. The molecule has 3 rings (SSSR count). The first-order chi connectivity index (χ1) is 13.7. The van der Waals surface area contributed by atoms with Gasteiger partial charge in [0.2, 0.25) is 5.91 Å². The number of ether oxygens (including phenoxy) is 1. The lowest BCUT2D eigenvalue weighted by molar-refractivity contribution is -0.121. The highest BCUT2D eigenvalue weighted by molar-refractivity contribution is 7.86. The van der Waals surface area contributed by atoms with Crippen molar-refractivity contribution in [2.24, 2.45) is 0 Å². The Bertz CT molecular complexity index is 679. The van der Waals surface area contributed by atoms with Crippen molar-refractivity contribution in [1.82, 2.24) is 24.1 Å². The van der Waals surface area contributed by atoms with Gasteiger partial charge in [-0.3, -0.25) is 15.0 Å². The first-order valence-corrected chi connectivity index (χ1v) is 11.9. The molecule has 0 aromatic carbocycles. The van der Waals surface area contributed by atoms with Crippen LogP contribution in [0.15, 0.2) is 0 Å². The van der Waals surface area contributed by atoms with Crippen LogP contribution in [-0.2, 0) is 19.7 Å². The predicted molar refractivity (Wildman–Crippen MR) is 107 cm³/mol. The zero-order valence-electron chi connectivity index (χ0n) is 17.3. The van der Waals surface area contributed by atoms with Crippen molar-refractivity contribution in [2.45, 2.75) is 57.8 Å². The van der Waals surface area contributed by atoms with E-state index in [1.807, 2.05) is 18.7 Å². The molecule has 2 saturated heterocycles. The average molecular weight is 432 g/mol. The quantitative estimate of drug-likeness (QED) is 0.620. The second kappa shape index (κ2) is 9.69. The van der Waals surface area contributed by atoms with Crippen LogP contribution in [0, 0.1) is 0 Å². The van der Waals surface area contributed by atoms with Gasteiger partial charge in [0, 0.05) is 45.3 Å². The third-order valence-corrected chi connectivity index (χ3v) is 7.65. The number of carbonyl (C=O) groups excluding carboxylic acids is 2. The first kappa shape index (κ1) is 22.4. The minimum atomic E-state index is -3.54. The Kier molecular flexibility index (Phi) is 7.49. The molecule has 2 aliphatic heterocycles. The van der Waals surface area contributed by atoms with Crippen molar-refractivity contribution in [3.8, 4) is 0 Å². The summed E-state index contributed by atoms with van der Waals surface area (Å²) in [7, 11) is -3.54. The Labute approximate surface area is 173 Å². The summed E-state index contributed by atoms with van der Waals surface area (Å²) in [5.74, 6) is -0.368. The lowest BCUT2D eigenvalue weighted by atomic mass is 10.2. The molecular weight excluding hydrogens is 398 g/mol. The van der Waals surface area contributed by atoms with Crippen molar-refractivity contribution in [2.75, 3.05) is 45.8 Å². The van der Waals surface area contributed by atoms with Gasteiger partial charge in [0.1, 0.15) is 0 Å². The summed E-state index contributed by atoms with van der Waals surface area (Å²) in [6.07, 6.45) is 3.86. The van der Waals surface area contributed by atoms with E-state index in [1.165, 1.54) is 8.61 Å². The zero-order valence-corrected chi connectivity index (χ0v) is 18.1. The molecule has 3 amide bonds. The van der Waals surface area contributed by atoms with Gasteiger partial charge in [-0.2, -0.15) is 17.0 Å². The van der Waals surface area contributed by atoms with Crippen molar-refractivity contribution in [3.63, 3.8) is 0 Å². The number of hydrogen-bond acceptors (Lipinski definition) is 6. The van der Waals surface area contributed by atoms with Crippen molar-refractivity contribution < 1.29 is 22.7 Å². The van der Waals surface area contributed by atoms with Crippen LogP contribution >= 0.6 is 0 Å². The minimum Gasteiger partial charge on any atom is -0.373 e. The molecule has 10 nitrogen and oxygen atoms in total. The maximum absolute atomic E-state index is 12.9. The molecule has 0 radical (unpaired) electrons. The molecule has 166 valence electrons. The number of piperazine rings is 1. The summed E-state index contributed by atoms with van der Waals surface area (Å²) in [6, 6.07) is -0.291. The molecule has 3 aliphatic rings. The maximum Gasteiger partial charge on any atom is 0.321 e. The Morgan fingerprint density at radius 3 is 2.14 bits per heavy atom. The second-order valence-electron chi connectivity index (χ2n) is 8.26. The summed E-state index contributed by atoms with van der Waals surface area (Å²) >= 11 is 0. The topological polar surface area (TPSA) is 111 Å². The third-order valence-electron chi connectivity index (χ3n) is 5.68. The van der Waals surface area contributed by atoms with E-state index in [4.69, 9.17) is 4.74 Å². The molecule has 0 spiro atoms. The van der Waals surface area contributed by atoms with Gasteiger partial charge in [-0.05, 0) is 26.7 Å². The van der Waals surface area contributed by atoms with Gasteiger partial charge in [0.05, 0.1) is 18.8 Å². The van der Waals surface area contributed by atoms with Gasteiger partial charge >= 0.3 is 6.03 Å². The lowest BCUT2D eigenvalue weighted by Gasteiger charge is -2.40. The number of carbonyl (C=O) groups is 2. The molecule has 0 bridgehead atoms. The summed E-state index contributed by atoms with van der Waals surface area (Å²) < 4.78 is 34.4. The normalized spacial score (nSPS) is 28.3. The summed E-state index contributed by atoms with van der Waals surface area (Å²) in [4.78, 5) is 25.9. The van der Waals surface area contributed by atoms with Crippen molar-refractivity contribution >= 4 is 22.1 Å². The van der Waals surface area contributed by atoms with Crippen LogP contribution in [0.5, 0.6) is 0 Å². The van der Waals surface area contributed by atoms with Gasteiger partial charge in [-0.1, -0.05) is 12.8 Å². The van der Waals surface area contributed by atoms with Crippen LogP contribution in [0.4, 0.5) is 4.79 Å². The van der Waals surface area contributed by atoms with E-state index >= 15 is 0 Å². The number of nitrogens with zero attached hydrogens (tertiary/aromatic N) is 3. The van der Waals surface area contributed by atoms with Crippen LogP contribution in [0.3, 0.4) is 0 Å². The lowest BCUT2D eigenvalue weighted by Crippen LogP contribution is -2.58. The Hall–Kier alpha value is -1.27. The molecule has 1 aliphatic carbocycles. The summed E-state index contributed by atoms with van der Waals surface area (Å²) in [5, 5.41) is 5.20. The molecule has 0 aromatic heterocycles. The fourth-order valence-electron chi connectivity index (χ4n) is 4.26. The highest BCUT2D eigenvalue weighted by Crippen LogP contribution is 2.19. The number of urea groups is 1. The van der Waals surface area contributed by atoms with Crippen LogP contribution < -0.4 is 10.6 Å². The van der Waals surface area contributed by atoms with E-state index in [0.717, 1.165) is 25.7 Å². The third kappa shape index (κ3) is 6.11. The van der Waals surface area contributed by atoms with Gasteiger partial charge in [0.25, 0.3) is 10.2 Å². The summed E-state index contributed by atoms with van der Waals surface area (Å²) in [5.41, 5.74) is 0. The monoisotopic (exact) mass is 431 g/mol. The van der Waals surface area contributed by atoms with Crippen LogP contribution in [0.1, 0.15) is 39.5 Å². The molecule has 2 unspecified atom stereocenters. The number of nitrogens with one attached hydrogen (secondary N) is 2. The van der Waals surface area contributed by atoms with Crippen LogP contribution in [0.25, 0.3) is 0 Å². The molecule has 3 fully saturated rings. The van der Waals surface area contributed by atoms with Gasteiger partial charge in [-0.15, -0.1) is 0 Å². The molecule has 0 aromatic rings. The number of morpholine rings is 1. The highest BCUT2D eigenvalue weighted by atomic mass is 32.2. The number of hydrogen-bond donors (Lipinski definition) is 2. The van der Waals surface area contributed by atoms with Gasteiger partial charge in [-0.25, -0.2) is 4.79 Å². The van der Waals surface area contributed by atoms with Crippen molar-refractivity contribution in [3.05, 3.63) is 0 Å². The summed E-state index contributed by atoms with van der Waals surface area (Å²) in [6.45, 7) is 6.08. The standard InChI is InChI=1S/C18H33N5O5S/c1-14-11-23(12-15(2)28-14)29(26,27)22-9-7-21(8-10-22)13-17(24)20-18(25)19-16-5-3-4-6-16/h14-16H,3-13H2,1-2H3,(H2,19,20,24,25). The molecule has 11 heteroatoms. The van der Waals surface area contributed by atoms with Crippen LogP contribution in [-0.4, -0.2) is 97.9 Å². The SMILES string of the molecule is CC1CN(S(=O)(=O)N2CCN(CC(=O)NC(=O)NC3CCCC3)CC2)CC(C)O1. The highest BCUT2D eigenvalue weighted by Gasteiger charge is 2.36. The molecule has 29 heavy (non-hydrogen) atoms. The first-order valence-electron chi connectivity index (χ1n) is 10.5. The van der Waals surface area contributed by atoms with Crippen LogP contribution in [0.2, 0.25) is 0 Å². The fraction of sp³-hybridized carbons (Fsp3) is 0.889. The number of amides is 3. The minimum absolute atomic E-state index is 0.0809. The predicted octanol–water partition coefficient (Wildman–Crippen LogP) is -0.274. The second-order valence-corrected chi connectivity index (χ2v) is 10.2. The zero-order chi connectivity index (χ0) is 21.0. The van der Waals surface area contributed by atoms with E-state index in [1.54, 1.807) is 0 Å². The Morgan fingerprint density at radius 1 is 0.966 bits per heavy atom. The number of rotatable bonds is 5. The largest absolute Gasteiger partial charge is 0.373 e. The molecule has 2 heterocycles. The molecular formula is C18H33N5O5S. The van der Waals surface area contributed by atoms with E-state index in [0.29, 0.717) is 39.3 Å². The van der Waals surface area contributed by atoms with E-state index in [-0.39, 0.29) is 30.7 Å². The van der Waals surface area contributed by atoms with E-state index < -0.39 is 16.2 Å². The van der Waals surface area contributed by atoms with Gasteiger partial charge < -0.3 is 10.1 Å². The number of imide groups is 1. The molecule has 1 saturated carbocycles. The molecule has 2 N–H and O–H groups in total. The molecule has 2 atom stereocenters.